The summed E-state index contributed by atoms with van der Waals surface area (Å²) in [6.07, 6.45) is 3.09. The van der Waals surface area contributed by atoms with Gasteiger partial charge in [0.05, 0.1) is 41.1 Å². The average Bonchev–Trinajstić information content (AvgIpc) is 2.78. The predicted octanol–water partition coefficient (Wildman–Crippen LogP) is 4.44. The van der Waals surface area contributed by atoms with Gasteiger partial charge in [0.15, 0.2) is 5.82 Å². The molecule has 0 spiro atoms. The normalized spacial score (nSPS) is 18.6. The lowest BCUT2D eigenvalue weighted by molar-refractivity contribution is -0.0883. The second-order valence-corrected chi connectivity index (χ2v) is 7.80. The molecule has 0 radical (unpaired) electrons. The molecule has 2 bridgehead atoms. The third kappa shape index (κ3) is 4.71. The van der Waals surface area contributed by atoms with E-state index in [2.05, 4.69) is 36.9 Å². The maximum Gasteiger partial charge on any atom is 0.417 e. The highest BCUT2D eigenvalue weighted by molar-refractivity contribution is 6.04. The molecule has 2 aromatic heterocycles. The molecule has 4 rings (SSSR count). The molecule has 0 aliphatic carbocycles. The van der Waals surface area contributed by atoms with Crippen LogP contribution in [0.15, 0.2) is 53.7 Å². The largest absolute Gasteiger partial charge is 0.417 e. The average molecular weight is 457 g/mol. The number of allylic oxidation sites excluding steroid dienone is 3. The van der Waals surface area contributed by atoms with Crippen LogP contribution < -0.4 is 15.1 Å². The van der Waals surface area contributed by atoms with Gasteiger partial charge in [-0.15, -0.1) is 0 Å². The minimum Gasteiger partial charge on any atom is -0.366 e. The van der Waals surface area contributed by atoms with Gasteiger partial charge in [-0.1, -0.05) is 0 Å². The Bertz CT molecular complexity index is 1110. The van der Waals surface area contributed by atoms with E-state index in [1.54, 1.807) is 17.0 Å². The van der Waals surface area contributed by atoms with Crippen molar-refractivity contribution in [1.82, 2.24) is 15.0 Å². The number of carbonyl (C=O) groups is 1. The van der Waals surface area contributed by atoms with Crippen LogP contribution in [0.1, 0.15) is 25.5 Å². The Labute approximate surface area is 188 Å². The number of alkyl halides is 3. The van der Waals surface area contributed by atoms with Gasteiger partial charge in [0.1, 0.15) is 6.33 Å². The molecule has 33 heavy (non-hydrogen) atoms. The highest BCUT2D eigenvalue weighted by atomic mass is 19.4. The molecule has 172 valence electrons. The molecule has 0 aromatic carbocycles. The Kier molecular flexibility index (Phi) is 6.12. The highest BCUT2D eigenvalue weighted by Crippen LogP contribution is 2.39. The molecule has 1 atom stereocenters. The molecule has 2 aliphatic rings. The molecule has 2 aliphatic heterocycles. The van der Waals surface area contributed by atoms with Gasteiger partial charge in [0.25, 0.3) is 0 Å². The summed E-state index contributed by atoms with van der Waals surface area (Å²) in [6.45, 7) is 6.13. The third-order valence-corrected chi connectivity index (χ3v) is 5.55. The number of fused-ring (bicyclic) bond motifs is 4. The number of pyridine rings is 1. The zero-order valence-electron chi connectivity index (χ0n) is 17.9. The minimum atomic E-state index is -4.58. The van der Waals surface area contributed by atoms with Crippen molar-refractivity contribution >= 4 is 35.5 Å². The van der Waals surface area contributed by atoms with Crippen LogP contribution >= 0.6 is 0 Å². The van der Waals surface area contributed by atoms with E-state index in [4.69, 9.17) is 0 Å². The summed E-state index contributed by atoms with van der Waals surface area (Å²) in [4.78, 5) is 32.6. The Morgan fingerprint density at radius 2 is 2.06 bits per heavy atom. The van der Waals surface area contributed by atoms with Gasteiger partial charge in [-0.05, 0) is 50.3 Å². The lowest BCUT2D eigenvalue weighted by Gasteiger charge is -2.45. The van der Waals surface area contributed by atoms with Crippen LogP contribution in [-0.2, 0) is 0 Å². The van der Waals surface area contributed by atoms with E-state index in [0.29, 0.717) is 29.9 Å². The Balaban J connectivity index is 1.73. The first-order valence-electron chi connectivity index (χ1n) is 10.3. The van der Waals surface area contributed by atoms with Gasteiger partial charge < -0.3 is 10.2 Å². The van der Waals surface area contributed by atoms with E-state index in [9.17, 15) is 18.0 Å². The number of urea groups is 1. The van der Waals surface area contributed by atoms with E-state index >= 15 is 0 Å². The van der Waals surface area contributed by atoms with E-state index in [1.165, 1.54) is 25.6 Å². The van der Waals surface area contributed by atoms with Crippen molar-refractivity contribution in [2.45, 2.75) is 32.0 Å². The maximum absolute atomic E-state index is 13.3. The molecular weight excluding hydrogens is 435 g/mol. The number of nitrogens with one attached hydrogen (secondary N) is 1. The number of carbonyl (C=O) groups excluding carboxylic acids is 1. The number of piperidine rings is 1. The fraction of sp³-hybridized carbons (Fsp3) is 0.318. The van der Waals surface area contributed by atoms with Crippen LogP contribution in [0, 0.1) is 0 Å². The van der Waals surface area contributed by atoms with Gasteiger partial charge in [-0.2, -0.15) is 13.2 Å². The second kappa shape index (κ2) is 9.00. The van der Waals surface area contributed by atoms with Gasteiger partial charge in [0, 0.05) is 19.3 Å². The highest BCUT2D eigenvalue weighted by Gasteiger charge is 2.38. The molecule has 1 saturated heterocycles. The number of halogens is 3. The van der Waals surface area contributed by atoms with Gasteiger partial charge >= 0.3 is 12.2 Å². The molecule has 2 aromatic rings. The minimum absolute atomic E-state index is 0.112. The zero-order valence-corrected chi connectivity index (χ0v) is 17.9. The molecule has 0 unspecified atom stereocenters. The quantitative estimate of drug-likeness (QED) is 0.542. The maximum atomic E-state index is 13.3. The number of hydrogen-bond acceptors (Lipinski definition) is 6. The Hall–Kier alpha value is -3.76. The van der Waals surface area contributed by atoms with Crippen LogP contribution in [0.4, 0.5) is 35.2 Å². The van der Waals surface area contributed by atoms with Gasteiger partial charge in [-0.25, -0.2) is 19.7 Å². The van der Waals surface area contributed by atoms with Crippen molar-refractivity contribution in [3.05, 3.63) is 54.4 Å². The van der Waals surface area contributed by atoms with E-state index < -0.39 is 17.8 Å². The summed E-state index contributed by atoms with van der Waals surface area (Å²) >= 11 is 0. The van der Waals surface area contributed by atoms with E-state index in [-0.39, 0.29) is 11.6 Å². The third-order valence-electron chi connectivity index (χ3n) is 5.55. The summed E-state index contributed by atoms with van der Waals surface area (Å²) in [5.41, 5.74) is 0.879. The second-order valence-electron chi connectivity index (χ2n) is 7.80. The number of anilines is 3. The summed E-state index contributed by atoms with van der Waals surface area (Å²) in [7, 11) is 0. The van der Waals surface area contributed by atoms with Crippen LogP contribution in [0.25, 0.3) is 5.57 Å². The van der Waals surface area contributed by atoms with E-state index in [1.807, 2.05) is 0 Å². The van der Waals surface area contributed by atoms with Crippen LogP contribution in [0.5, 0.6) is 0 Å². The van der Waals surface area contributed by atoms with Crippen LogP contribution in [0.3, 0.4) is 0 Å². The zero-order chi connectivity index (χ0) is 23.6. The Morgan fingerprint density at radius 3 is 2.76 bits per heavy atom. The van der Waals surface area contributed by atoms with Crippen molar-refractivity contribution in [3.8, 4) is 0 Å². The molecular formula is C22H22F3N7O. The monoisotopic (exact) mass is 457 g/mol. The summed E-state index contributed by atoms with van der Waals surface area (Å²) in [6, 6.07) is 2.95. The molecule has 8 nitrogen and oxygen atoms in total. The van der Waals surface area contributed by atoms with Crippen molar-refractivity contribution in [2.24, 2.45) is 4.99 Å². The lowest BCUT2D eigenvalue weighted by atomic mass is 9.99. The molecule has 1 fully saturated rings. The molecule has 1 N–H and O–H groups in total. The smallest absolute Gasteiger partial charge is 0.366 e. The first-order chi connectivity index (χ1) is 15.8. The predicted molar refractivity (Wildman–Crippen MR) is 120 cm³/mol. The fourth-order valence-electron chi connectivity index (χ4n) is 4.05. The topological polar surface area (TPSA) is 86.6 Å². The number of amides is 2. The number of hydrogen-bond donors (Lipinski definition) is 1. The standard InChI is InChI=1S/C22H22F3N7O/c1-14(8-15(9-26-2)22(23,24)25)18-5-6-19-20(30-18)32(17-4-3-7-31(19)12-17)21(33)29-16-10-27-13-28-11-16/h5-6,8-11,13,17H,2-4,7,12H2,1H3,(H,29,33)/b14-8+,15-9+/t17-/m0/s1. The molecule has 4 heterocycles. The SMILES string of the molecule is C=N/C=C(\C=C(/C)c1ccc2c(n1)N(C(=O)Nc1cncnc1)[C@H]1CCCN2C1)C(F)(F)F. The van der Waals surface area contributed by atoms with Gasteiger partial charge in [-0.3, -0.25) is 9.89 Å². The van der Waals surface area contributed by atoms with Crippen molar-refractivity contribution in [2.75, 3.05) is 28.2 Å². The van der Waals surface area contributed by atoms with Crippen molar-refractivity contribution in [3.63, 3.8) is 0 Å². The fourth-order valence-corrected chi connectivity index (χ4v) is 4.05. The first kappa shape index (κ1) is 22.4. The van der Waals surface area contributed by atoms with Crippen LogP contribution in [0.2, 0.25) is 0 Å². The number of aromatic nitrogens is 3. The molecule has 0 saturated carbocycles. The first-order valence-corrected chi connectivity index (χ1v) is 10.3. The number of nitrogens with zero attached hydrogens (tertiary/aromatic N) is 6. The van der Waals surface area contributed by atoms with Crippen molar-refractivity contribution < 1.29 is 18.0 Å². The molecule has 11 heteroatoms. The number of rotatable bonds is 4. The summed E-state index contributed by atoms with van der Waals surface area (Å²) in [5, 5.41) is 2.78. The Morgan fingerprint density at radius 1 is 1.30 bits per heavy atom. The lowest BCUT2D eigenvalue weighted by Crippen LogP contribution is -2.56. The summed E-state index contributed by atoms with van der Waals surface area (Å²) in [5.74, 6) is 0.407. The van der Waals surface area contributed by atoms with Gasteiger partial charge in [0.2, 0.25) is 0 Å². The van der Waals surface area contributed by atoms with Crippen molar-refractivity contribution in [1.29, 1.82) is 0 Å². The summed E-state index contributed by atoms with van der Waals surface area (Å²) < 4.78 is 39.9. The van der Waals surface area contributed by atoms with E-state index in [0.717, 1.165) is 31.1 Å². The number of aliphatic imine (C=N–C) groups is 1. The van der Waals surface area contributed by atoms with Crippen LogP contribution in [-0.4, -0.2) is 53.0 Å². The molecule has 2 amide bonds.